The van der Waals surface area contributed by atoms with Crippen LogP contribution in [0.2, 0.25) is 0 Å². The molecule has 0 saturated heterocycles. The third kappa shape index (κ3) is 1.29. The van der Waals surface area contributed by atoms with Gasteiger partial charge in [-0.2, -0.15) is 5.26 Å². The van der Waals surface area contributed by atoms with Crippen LogP contribution in [0.3, 0.4) is 0 Å². The number of hydrogen-bond acceptors (Lipinski definition) is 3. The van der Waals surface area contributed by atoms with E-state index in [1.54, 1.807) is 24.3 Å². The molecule has 10 heavy (non-hydrogen) atoms. The fourth-order valence-electron chi connectivity index (χ4n) is 0.639. The van der Waals surface area contributed by atoms with Crippen molar-refractivity contribution in [2.75, 3.05) is 0 Å². The third-order valence-corrected chi connectivity index (χ3v) is 1.66. The maximum Gasteiger partial charge on any atom is 0.100 e. The highest BCUT2D eigenvalue weighted by molar-refractivity contribution is 7.93. The van der Waals surface area contributed by atoms with Gasteiger partial charge < -0.3 is 4.55 Å². The maximum absolute atomic E-state index is 8.62. The molecule has 1 N–H and O–H groups in total. The molecular formula is C7H5NOS. The molecule has 0 unspecified atom stereocenters. The molecule has 0 saturated carbocycles. The van der Waals surface area contributed by atoms with Crippen LogP contribution in [-0.4, -0.2) is 4.55 Å². The summed E-state index contributed by atoms with van der Waals surface area (Å²) < 4.78 is 8.62. The number of hydrogen-bond donors (Lipinski definition) is 1. The van der Waals surface area contributed by atoms with Crippen LogP contribution in [0.5, 0.6) is 0 Å². The summed E-state index contributed by atoms with van der Waals surface area (Å²) in [5, 5.41) is 8.48. The Morgan fingerprint density at radius 2 is 2.10 bits per heavy atom. The first-order chi connectivity index (χ1) is 4.88. The van der Waals surface area contributed by atoms with E-state index in [0.29, 0.717) is 22.5 Å². The average Bonchev–Trinajstić information content (AvgIpc) is 2.04. The van der Waals surface area contributed by atoms with Crippen LogP contribution < -0.4 is 0 Å². The van der Waals surface area contributed by atoms with Crippen molar-refractivity contribution in [2.45, 2.75) is 4.90 Å². The first kappa shape index (κ1) is 7.13. The Morgan fingerprint density at radius 3 is 2.60 bits per heavy atom. The standard InChI is InChI=1S/C7H5NOS/c8-5-6-3-1-2-4-7(6)10-9/h1-4,9H. The topological polar surface area (TPSA) is 44.0 Å². The Bertz CT molecular complexity index is 267. The van der Waals surface area contributed by atoms with Gasteiger partial charge in [0.1, 0.15) is 6.07 Å². The van der Waals surface area contributed by atoms with Crippen LogP contribution in [0, 0.1) is 11.3 Å². The van der Waals surface area contributed by atoms with Crippen molar-refractivity contribution in [1.29, 1.82) is 5.26 Å². The minimum Gasteiger partial charge on any atom is -0.325 e. The van der Waals surface area contributed by atoms with Gasteiger partial charge in [0.05, 0.1) is 10.5 Å². The van der Waals surface area contributed by atoms with Gasteiger partial charge in [-0.25, -0.2) is 0 Å². The molecule has 0 heterocycles. The van der Waals surface area contributed by atoms with Crippen LogP contribution >= 0.6 is 12.0 Å². The molecule has 2 nitrogen and oxygen atoms in total. The van der Waals surface area contributed by atoms with Gasteiger partial charge >= 0.3 is 0 Å². The lowest BCUT2D eigenvalue weighted by Gasteiger charge is -1.93. The lowest BCUT2D eigenvalue weighted by Crippen LogP contribution is -1.76. The predicted molar refractivity (Wildman–Crippen MR) is 39.6 cm³/mol. The van der Waals surface area contributed by atoms with Gasteiger partial charge in [-0.3, -0.25) is 0 Å². The third-order valence-electron chi connectivity index (χ3n) is 1.11. The average molecular weight is 151 g/mol. The quantitative estimate of drug-likeness (QED) is 0.625. The van der Waals surface area contributed by atoms with Crippen molar-refractivity contribution in [3.8, 4) is 6.07 Å². The first-order valence-corrected chi connectivity index (χ1v) is 3.46. The molecule has 0 aliphatic heterocycles. The van der Waals surface area contributed by atoms with E-state index in [1.807, 2.05) is 6.07 Å². The lowest BCUT2D eigenvalue weighted by atomic mass is 10.2. The summed E-state index contributed by atoms with van der Waals surface area (Å²) >= 11 is 0.597. The summed E-state index contributed by atoms with van der Waals surface area (Å²) in [4.78, 5) is 0.602. The van der Waals surface area contributed by atoms with Crippen molar-refractivity contribution >= 4 is 12.0 Å². The Hall–Kier alpha value is -0.980. The first-order valence-electron chi connectivity index (χ1n) is 2.69. The number of nitriles is 1. The molecule has 1 aromatic carbocycles. The highest BCUT2D eigenvalue weighted by atomic mass is 32.2. The van der Waals surface area contributed by atoms with Crippen LogP contribution in [-0.2, 0) is 0 Å². The second kappa shape index (κ2) is 3.25. The van der Waals surface area contributed by atoms with E-state index in [2.05, 4.69) is 0 Å². The van der Waals surface area contributed by atoms with E-state index in [1.165, 1.54) is 0 Å². The minimum atomic E-state index is 0.509. The zero-order valence-electron chi connectivity index (χ0n) is 5.11. The summed E-state index contributed by atoms with van der Waals surface area (Å²) in [7, 11) is 0. The summed E-state index contributed by atoms with van der Waals surface area (Å²) in [6.45, 7) is 0. The molecule has 1 aromatic rings. The zero-order valence-corrected chi connectivity index (χ0v) is 5.93. The molecule has 0 spiro atoms. The molecular weight excluding hydrogens is 146 g/mol. The van der Waals surface area contributed by atoms with Crippen LogP contribution in [0.25, 0.3) is 0 Å². The molecule has 0 aromatic heterocycles. The van der Waals surface area contributed by atoms with Crippen molar-refractivity contribution in [2.24, 2.45) is 0 Å². The van der Waals surface area contributed by atoms with Crippen LogP contribution in [0.15, 0.2) is 29.2 Å². The van der Waals surface area contributed by atoms with E-state index < -0.39 is 0 Å². The zero-order chi connectivity index (χ0) is 7.40. The largest absolute Gasteiger partial charge is 0.325 e. The van der Waals surface area contributed by atoms with Gasteiger partial charge in [-0.1, -0.05) is 12.1 Å². The van der Waals surface area contributed by atoms with E-state index in [0.717, 1.165) is 0 Å². The molecule has 3 heteroatoms. The fraction of sp³-hybridized carbons (Fsp3) is 0. The van der Waals surface area contributed by atoms with Crippen molar-refractivity contribution < 1.29 is 4.55 Å². The highest BCUT2D eigenvalue weighted by Gasteiger charge is 1.97. The van der Waals surface area contributed by atoms with Crippen LogP contribution in [0.4, 0.5) is 0 Å². The molecule has 1 rings (SSSR count). The van der Waals surface area contributed by atoms with Crippen molar-refractivity contribution in [1.82, 2.24) is 0 Å². The maximum atomic E-state index is 8.62. The molecule has 0 aliphatic rings. The normalized spacial score (nSPS) is 8.80. The Balaban J connectivity index is 3.12. The van der Waals surface area contributed by atoms with E-state index in [4.69, 9.17) is 9.81 Å². The molecule has 0 bridgehead atoms. The Kier molecular flexibility index (Phi) is 2.32. The molecule has 50 valence electrons. The fourth-order valence-corrected chi connectivity index (χ4v) is 0.990. The van der Waals surface area contributed by atoms with Gasteiger partial charge in [-0.15, -0.1) is 0 Å². The van der Waals surface area contributed by atoms with Crippen molar-refractivity contribution in [3.63, 3.8) is 0 Å². The lowest BCUT2D eigenvalue weighted by molar-refractivity contribution is 0.663. The summed E-state index contributed by atoms with van der Waals surface area (Å²) in [5.74, 6) is 0. The molecule has 0 aliphatic carbocycles. The Morgan fingerprint density at radius 1 is 1.40 bits per heavy atom. The van der Waals surface area contributed by atoms with E-state index >= 15 is 0 Å². The van der Waals surface area contributed by atoms with E-state index in [9.17, 15) is 0 Å². The summed E-state index contributed by atoms with van der Waals surface area (Å²) in [5.41, 5.74) is 0.509. The van der Waals surface area contributed by atoms with E-state index in [-0.39, 0.29) is 0 Å². The molecule has 0 atom stereocenters. The number of benzene rings is 1. The van der Waals surface area contributed by atoms with Crippen LogP contribution in [0.1, 0.15) is 5.56 Å². The number of nitrogens with zero attached hydrogens (tertiary/aromatic N) is 1. The smallest absolute Gasteiger partial charge is 0.100 e. The molecule has 0 fully saturated rings. The van der Waals surface area contributed by atoms with Gasteiger partial charge in [0.15, 0.2) is 0 Å². The van der Waals surface area contributed by atoms with Gasteiger partial charge in [0.25, 0.3) is 0 Å². The second-order valence-corrected chi connectivity index (χ2v) is 2.32. The molecule has 0 radical (unpaired) electrons. The van der Waals surface area contributed by atoms with Gasteiger partial charge in [-0.05, 0) is 12.1 Å². The highest BCUT2D eigenvalue weighted by Crippen LogP contribution is 2.17. The number of rotatable bonds is 1. The summed E-state index contributed by atoms with van der Waals surface area (Å²) in [6, 6.07) is 8.87. The minimum absolute atomic E-state index is 0.509. The molecule has 0 amide bonds. The summed E-state index contributed by atoms with van der Waals surface area (Å²) in [6.07, 6.45) is 0. The van der Waals surface area contributed by atoms with Gasteiger partial charge in [0.2, 0.25) is 0 Å². The predicted octanol–water partition coefficient (Wildman–Crippen LogP) is 2.12. The van der Waals surface area contributed by atoms with Crippen molar-refractivity contribution in [3.05, 3.63) is 29.8 Å². The monoisotopic (exact) mass is 151 g/mol. The van der Waals surface area contributed by atoms with Gasteiger partial charge in [0, 0.05) is 12.0 Å². The second-order valence-electron chi connectivity index (χ2n) is 1.70. The Labute approximate surface area is 63.3 Å². The SMILES string of the molecule is N#Cc1ccccc1SO.